The topological polar surface area (TPSA) is 85.1 Å². The van der Waals surface area contributed by atoms with Gasteiger partial charge < -0.3 is 4.42 Å². The van der Waals surface area contributed by atoms with E-state index in [-0.39, 0.29) is 11.4 Å². The number of nitrogens with one attached hydrogen (secondary N) is 1. The Bertz CT molecular complexity index is 1010. The van der Waals surface area contributed by atoms with Crippen LogP contribution in [-0.2, 0) is 16.4 Å². The van der Waals surface area contributed by atoms with Crippen LogP contribution in [0, 0.1) is 13.8 Å². The minimum atomic E-state index is -3.59. The van der Waals surface area contributed by atoms with Gasteiger partial charge >= 0.3 is 0 Å². The third-order valence-electron chi connectivity index (χ3n) is 3.82. The fourth-order valence-electron chi connectivity index (χ4n) is 2.43. The van der Waals surface area contributed by atoms with E-state index < -0.39 is 10.0 Å². The van der Waals surface area contributed by atoms with Crippen LogP contribution in [0.3, 0.4) is 0 Å². The van der Waals surface area contributed by atoms with Crippen LogP contribution < -0.4 is 4.72 Å². The first-order chi connectivity index (χ1) is 12.3. The SMILES string of the molecule is Cc1ccc(C)c(S(=O)(=O)NCCc2nnc(-c3ccc(Cl)cc3)o2)c1. The Morgan fingerprint density at radius 3 is 2.54 bits per heavy atom. The molecule has 1 heterocycles. The fraction of sp³-hybridized carbons (Fsp3) is 0.222. The van der Waals surface area contributed by atoms with Gasteiger partial charge in [-0.15, -0.1) is 10.2 Å². The van der Waals surface area contributed by atoms with Crippen molar-refractivity contribution in [1.82, 2.24) is 14.9 Å². The molecule has 3 aromatic rings. The molecule has 1 N–H and O–H groups in total. The number of sulfonamides is 1. The first-order valence-electron chi connectivity index (χ1n) is 8.00. The lowest BCUT2D eigenvalue weighted by Gasteiger charge is -2.09. The van der Waals surface area contributed by atoms with E-state index in [4.69, 9.17) is 16.0 Å². The second-order valence-electron chi connectivity index (χ2n) is 5.92. The Kier molecular flexibility index (Phi) is 5.41. The number of aromatic nitrogens is 2. The van der Waals surface area contributed by atoms with Crippen LogP contribution in [0.2, 0.25) is 5.02 Å². The van der Waals surface area contributed by atoms with Crippen LogP contribution in [0.15, 0.2) is 51.8 Å². The minimum absolute atomic E-state index is 0.165. The standard InChI is InChI=1S/C18H18ClN3O3S/c1-12-3-4-13(2)16(11-12)26(23,24)20-10-9-17-21-22-18(25-17)14-5-7-15(19)8-6-14/h3-8,11,20H,9-10H2,1-2H3. The van der Waals surface area contributed by atoms with Crippen molar-refractivity contribution in [1.29, 1.82) is 0 Å². The highest BCUT2D eigenvalue weighted by Crippen LogP contribution is 2.20. The van der Waals surface area contributed by atoms with Crippen molar-refractivity contribution < 1.29 is 12.8 Å². The van der Waals surface area contributed by atoms with Crippen molar-refractivity contribution in [3.63, 3.8) is 0 Å². The lowest BCUT2D eigenvalue weighted by atomic mass is 10.2. The van der Waals surface area contributed by atoms with Crippen molar-refractivity contribution in [2.45, 2.75) is 25.2 Å². The molecule has 0 aliphatic rings. The highest BCUT2D eigenvalue weighted by atomic mass is 35.5. The van der Waals surface area contributed by atoms with E-state index in [2.05, 4.69) is 14.9 Å². The lowest BCUT2D eigenvalue weighted by Crippen LogP contribution is -2.26. The van der Waals surface area contributed by atoms with Gasteiger partial charge in [-0.2, -0.15) is 0 Å². The number of nitrogens with zero attached hydrogens (tertiary/aromatic N) is 2. The average Bonchev–Trinajstić information content (AvgIpc) is 3.06. The Morgan fingerprint density at radius 1 is 1.08 bits per heavy atom. The van der Waals surface area contributed by atoms with Crippen molar-refractivity contribution in [2.75, 3.05) is 6.54 Å². The van der Waals surface area contributed by atoms with Crippen molar-refractivity contribution in [3.8, 4) is 11.5 Å². The molecule has 0 radical (unpaired) electrons. The van der Waals surface area contributed by atoms with Gasteiger partial charge in [0.1, 0.15) is 0 Å². The molecule has 136 valence electrons. The summed E-state index contributed by atoms with van der Waals surface area (Å²) in [5, 5.41) is 8.55. The number of hydrogen-bond acceptors (Lipinski definition) is 5. The molecule has 0 saturated heterocycles. The predicted octanol–water partition coefficient (Wildman–Crippen LogP) is 3.53. The third-order valence-corrected chi connectivity index (χ3v) is 5.68. The highest BCUT2D eigenvalue weighted by molar-refractivity contribution is 7.89. The van der Waals surface area contributed by atoms with Gasteiger partial charge in [0.15, 0.2) is 0 Å². The molecule has 0 aliphatic heterocycles. The van der Waals surface area contributed by atoms with E-state index in [0.29, 0.717) is 28.8 Å². The summed E-state index contributed by atoms with van der Waals surface area (Å²) in [5.41, 5.74) is 2.34. The van der Waals surface area contributed by atoms with Crippen LogP contribution in [0.1, 0.15) is 17.0 Å². The van der Waals surface area contributed by atoms with Crippen molar-refractivity contribution in [2.24, 2.45) is 0 Å². The van der Waals surface area contributed by atoms with Gasteiger partial charge in [0.2, 0.25) is 21.8 Å². The maximum atomic E-state index is 12.5. The third kappa shape index (κ3) is 4.30. The normalized spacial score (nSPS) is 11.7. The number of aryl methyl sites for hydroxylation is 2. The summed E-state index contributed by atoms with van der Waals surface area (Å²) in [6.45, 7) is 3.79. The second kappa shape index (κ2) is 7.57. The van der Waals surface area contributed by atoms with E-state index >= 15 is 0 Å². The molecule has 0 saturated carbocycles. The molecule has 26 heavy (non-hydrogen) atoms. The first kappa shape index (κ1) is 18.6. The molecule has 2 aromatic carbocycles. The first-order valence-corrected chi connectivity index (χ1v) is 9.86. The number of halogens is 1. The molecule has 0 amide bonds. The summed E-state index contributed by atoms with van der Waals surface area (Å²) in [7, 11) is -3.59. The van der Waals surface area contributed by atoms with Crippen LogP contribution in [0.4, 0.5) is 0 Å². The Morgan fingerprint density at radius 2 is 1.81 bits per heavy atom. The molecule has 0 unspecified atom stereocenters. The zero-order valence-electron chi connectivity index (χ0n) is 14.4. The summed E-state index contributed by atoms with van der Waals surface area (Å²) < 4.78 is 33.1. The Hall–Kier alpha value is -2.22. The largest absolute Gasteiger partial charge is 0.421 e. The van der Waals surface area contributed by atoms with E-state index in [1.54, 1.807) is 43.3 Å². The lowest BCUT2D eigenvalue weighted by molar-refractivity contribution is 0.502. The Labute approximate surface area is 157 Å². The average molecular weight is 392 g/mol. The number of rotatable bonds is 6. The second-order valence-corrected chi connectivity index (χ2v) is 8.10. The molecule has 6 nitrogen and oxygen atoms in total. The summed E-state index contributed by atoms with van der Waals surface area (Å²) in [4.78, 5) is 0.282. The molecule has 1 aromatic heterocycles. The van der Waals surface area contributed by atoms with Crippen LogP contribution >= 0.6 is 11.6 Å². The molecule has 0 aliphatic carbocycles. The monoisotopic (exact) mass is 391 g/mol. The van der Waals surface area contributed by atoms with Gasteiger partial charge in [-0.05, 0) is 55.3 Å². The Balaban J connectivity index is 1.65. The van der Waals surface area contributed by atoms with Gasteiger partial charge in [-0.3, -0.25) is 0 Å². The molecule has 0 spiro atoms. The molecular weight excluding hydrogens is 374 g/mol. The molecule has 3 rings (SSSR count). The zero-order chi connectivity index (χ0) is 18.7. The number of hydrogen-bond donors (Lipinski definition) is 1. The summed E-state index contributed by atoms with van der Waals surface area (Å²) in [6, 6.07) is 12.4. The summed E-state index contributed by atoms with van der Waals surface area (Å²) >= 11 is 5.86. The number of benzene rings is 2. The molecule has 0 bridgehead atoms. The minimum Gasteiger partial charge on any atom is -0.421 e. The van der Waals surface area contributed by atoms with Gasteiger partial charge in [0.25, 0.3) is 0 Å². The van der Waals surface area contributed by atoms with E-state index in [1.807, 2.05) is 13.0 Å². The van der Waals surface area contributed by atoms with Gasteiger partial charge in [0, 0.05) is 23.6 Å². The summed E-state index contributed by atoms with van der Waals surface area (Å²) in [6.07, 6.45) is 0.296. The zero-order valence-corrected chi connectivity index (χ0v) is 15.9. The van der Waals surface area contributed by atoms with E-state index in [1.165, 1.54) is 0 Å². The van der Waals surface area contributed by atoms with Crippen molar-refractivity contribution >= 4 is 21.6 Å². The van der Waals surface area contributed by atoms with Gasteiger partial charge in [0.05, 0.1) is 4.90 Å². The maximum Gasteiger partial charge on any atom is 0.247 e. The molecule has 8 heteroatoms. The summed E-state index contributed by atoms with van der Waals surface area (Å²) in [5.74, 6) is 0.729. The van der Waals surface area contributed by atoms with Crippen LogP contribution in [0.25, 0.3) is 11.5 Å². The van der Waals surface area contributed by atoms with E-state index in [9.17, 15) is 8.42 Å². The highest BCUT2D eigenvalue weighted by Gasteiger charge is 2.17. The smallest absolute Gasteiger partial charge is 0.247 e. The van der Waals surface area contributed by atoms with E-state index in [0.717, 1.165) is 11.1 Å². The van der Waals surface area contributed by atoms with Crippen LogP contribution in [-0.4, -0.2) is 25.2 Å². The van der Waals surface area contributed by atoms with Crippen molar-refractivity contribution in [3.05, 3.63) is 64.5 Å². The quantitative estimate of drug-likeness (QED) is 0.694. The van der Waals surface area contributed by atoms with Crippen LogP contribution in [0.5, 0.6) is 0 Å². The molecule has 0 atom stereocenters. The predicted molar refractivity (Wildman–Crippen MR) is 99.6 cm³/mol. The van der Waals surface area contributed by atoms with Gasteiger partial charge in [-0.25, -0.2) is 13.1 Å². The fourth-order valence-corrected chi connectivity index (χ4v) is 3.92. The molecular formula is C18H18ClN3O3S. The van der Waals surface area contributed by atoms with Gasteiger partial charge in [-0.1, -0.05) is 23.7 Å². The maximum absolute atomic E-state index is 12.5. The molecule has 0 fully saturated rings.